The largest absolute Gasteiger partial charge is 0.350 e. The van der Waals surface area contributed by atoms with E-state index in [0.29, 0.717) is 25.9 Å². The zero-order valence-corrected chi connectivity index (χ0v) is 18.5. The molecular formula is C26H36N2O2. The number of carbonyl (C=O) groups excluding carboxylic acids is 2. The average Bonchev–Trinajstić information content (AvgIpc) is 2.78. The van der Waals surface area contributed by atoms with Gasteiger partial charge in [0.25, 0.3) is 0 Å². The summed E-state index contributed by atoms with van der Waals surface area (Å²) in [6.07, 6.45) is 6.03. The summed E-state index contributed by atoms with van der Waals surface area (Å²) in [5.41, 5.74) is 2.29. The number of nitrogens with one attached hydrogen (secondary N) is 1. The van der Waals surface area contributed by atoms with Crippen LogP contribution in [0.1, 0.15) is 69.5 Å². The zero-order valence-electron chi connectivity index (χ0n) is 18.5. The van der Waals surface area contributed by atoms with E-state index in [0.717, 1.165) is 37.7 Å². The predicted molar refractivity (Wildman–Crippen MR) is 123 cm³/mol. The lowest BCUT2D eigenvalue weighted by Gasteiger charge is -2.23. The molecule has 0 aliphatic heterocycles. The third-order valence-electron chi connectivity index (χ3n) is 5.40. The van der Waals surface area contributed by atoms with Gasteiger partial charge in [0.15, 0.2) is 0 Å². The number of hydrogen-bond acceptors (Lipinski definition) is 2. The van der Waals surface area contributed by atoms with Crippen LogP contribution in [0.2, 0.25) is 0 Å². The van der Waals surface area contributed by atoms with Gasteiger partial charge in [-0.3, -0.25) is 9.59 Å². The summed E-state index contributed by atoms with van der Waals surface area (Å²) >= 11 is 0. The van der Waals surface area contributed by atoms with E-state index in [4.69, 9.17) is 0 Å². The molecule has 0 heterocycles. The van der Waals surface area contributed by atoms with E-state index in [1.807, 2.05) is 60.4 Å². The number of nitrogens with zero attached hydrogens (tertiary/aromatic N) is 1. The van der Waals surface area contributed by atoms with Crippen LogP contribution in [0.25, 0.3) is 0 Å². The van der Waals surface area contributed by atoms with Crippen molar-refractivity contribution < 1.29 is 9.59 Å². The molecule has 0 spiro atoms. The molecule has 0 aliphatic rings. The van der Waals surface area contributed by atoms with Crippen LogP contribution in [0.3, 0.4) is 0 Å². The normalized spacial score (nSPS) is 11.7. The van der Waals surface area contributed by atoms with E-state index in [9.17, 15) is 9.59 Å². The van der Waals surface area contributed by atoms with Crippen LogP contribution in [-0.4, -0.2) is 29.8 Å². The van der Waals surface area contributed by atoms with Gasteiger partial charge in [-0.25, -0.2) is 0 Å². The molecule has 0 aliphatic carbocycles. The van der Waals surface area contributed by atoms with Gasteiger partial charge < -0.3 is 10.2 Å². The van der Waals surface area contributed by atoms with Gasteiger partial charge in [0.2, 0.25) is 11.8 Å². The van der Waals surface area contributed by atoms with Gasteiger partial charge in [-0.15, -0.1) is 0 Å². The standard InChI is InChI=1S/C26H36N2O2/c1-3-4-5-12-17-26(30)28(20-18-23-13-8-6-9-14-23)21-19-25(29)27-22(2)24-15-10-7-11-16-24/h6-11,13-16,22H,3-5,12,17-21H2,1-2H3,(H,27,29). The maximum atomic E-state index is 12.8. The highest BCUT2D eigenvalue weighted by atomic mass is 16.2. The molecule has 0 radical (unpaired) electrons. The zero-order chi connectivity index (χ0) is 21.6. The second-order valence-corrected chi connectivity index (χ2v) is 7.88. The van der Waals surface area contributed by atoms with Crippen molar-refractivity contribution >= 4 is 11.8 Å². The predicted octanol–water partition coefficient (Wildman–Crippen LogP) is 5.30. The highest BCUT2D eigenvalue weighted by Gasteiger charge is 2.16. The highest BCUT2D eigenvalue weighted by molar-refractivity contribution is 5.79. The first-order valence-electron chi connectivity index (χ1n) is 11.3. The number of hydrogen-bond donors (Lipinski definition) is 1. The van der Waals surface area contributed by atoms with Crippen LogP contribution in [0.15, 0.2) is 60.7 Å². The second kappa shape index (κ2) is 13.6. The van der Waals surface area contributed by atoms with Crippen LogP contribution < -0.4 is 5.32 Å². The van der Waals surface area contributed by atoms with E-state index < -0.39 is 0 Å². The van der Waals surface area contributed by atoms with Gasteiger partial charge in [0.1, 0.15) is 0 Å². The molecule has 2 amide bonds. The molecule has 0 saturated carbocycles. The SMILES string of the molecule is CCCCCCC(=O)N(CCC(=O)NC(C)c1ccccc1)CCc1ccccc1. The van der Waals surface area contributed by atoms with Gasteiger partial charge in [0.05, 0.1) is 6.04 Å². The van der Waals surface area contributed by atoms with Crippen LogP contribution in [0.5, 0.6) is 0 Å². The molecule has 0 fully saturated rings. The third-order valence-corrected chi connectivity index (χ3v) is 5.40. The van der Waals surface area contributed by atoms with Crippen LogP contribution in [-0.2, 0) is 16.0 Å². The Labute approximate surface area is 181 Å². The highest BCUT2D eigenvalue weighted by Crippen LogP contribution is 2.12. The molecule has 0 saturated heterocycles. The van der Waals surface area contributed by atoms with Crippen molar-refractivity contribution in [3.05, 3.63) is 71.8 Å². The summed E-state index contributed by atoms with van der Waals surface area (Å²) in [5.74, 6) is 0.140. The number of carbonyl (C=O) groups is 2. The first-order valence-corrected chi connectivity index (χ1v) is 11.3. The van der Waals surface area contributed by atoms with Crippen LogP contribution in [0, 0.1) is 0 Å². The lowest BCUT2D eigenvalue weighted by atomic mass is 10.1. The Morgan fingerprint density at radius 2 is 1.53 bits per heavy atom. The van der Waals surface area contributed by atoms with Gasteiger partial charge in [-0.1, -0.05) is 86.8 Å². The summed E-state index contributed by atoms with van der Waals surface area (Å²) in [7, 11) is 0. The number of unbranched alkanes of at least 4 members (excludes halogenated alkanes) is 3. The van der Waals surface area contributed by atoms with E-state index in [2.05, 4.69) is 24.4 Å². The smallest absolute Gasteiger partial charge is 0.222 e. The van der Waals surface area contributed by atoms with Crippen molar-refractivity contribution in [1.82, 2.24) is 10.2 Å². The van der Waals surface area contributed by atoms with Crippen molar-refractivity contribution in [2.45, 2.75) is 64.8 Å². The van der Waals surface area contributed by atoms with Crippen molar-refractivity contribution in [2.24, 2.45) is 0 Å². The molecule has 4 heteroatoms. The van der Waals surface area contributed by atoms with E-state index in [1.54, 1.807) is 0 Å². The molecule has 4 nitrogen and oxygen atoms in total. The minimum atomic E-state index is -0.0405. The van der Waals surface area contributed by atoms with Crippen molar-refractivity contribution in [3.63, 3.8) is 0 Å². The number of benzene rings is 2. The van der Waals surface area contributed by atoms with E-state index in [1.165, 1.54) is 5.56 Å². The summed E-state index contributed by atoms with van der Waals surface area (Å²) in [6, 6.07) is 20.1. The van der Waals surface area contributed by atoms with Gasteiger partial charge in [-0.05, 0) is 30.9 Å². The van der Waals surface area contributed by atoms with Crippen LogP contribution in [0.4, 0.5) is 0 Å². The molecule has 0 bridgehead atoms. The average molecular weight is 409 g/mol. The summed E-state index contributed by atoms with van der Waals surface area (Å²) < 4.78 is 0. The molecule has 1 unspecified atom stereocenters. The first kappa shape index (κ1) is 23.7. The van der Waals surface area contributed by atoms with Gasteiger partial charge >= 0.3 is 0 Å². The fourth-order valence-electron chi connectivity index (χ4n) is 3.51. The summed E-state index contributed by atoms with van der Waals surface area (Å²) in [4.78, 5) is 27.1. The molecule has 2 aromatic carbocycles. The maximum absolute atomic E-state index is 12.8. The topological polar surface area (TPSA) is 49.4 Å². The number of rotatable bonds is 13. The second-order valence-electron chi connectivity index (χ2n) is 7.88. The lowest BCUT2D eigenvalue weighted by molar-refractivity contribution is -0.132. The molecule has 0 aromatic heterocycles. The Bertz CT molecular complexity index is 746. The van der Waals surface area contributed by atoms with E-state index in [-0.39, 0.29) is 17.9 Å². The Kier molecular flexibility index (Phi) is 10.7. The first-order chi connectivity index (χ1) is 14.6. The fourth-order valence-corrected chi connectivity index (χ4v) is 3.51. The van der Waals surface area contributed by atoms with Gasteiger partial charge in [-0.2, -0.15) is 0 Å². The maximum Gasteiger partial charge on any atom is 0.222 e. The fraction of sp³-hybridized carbons (Fsp3) is 0.462. The number of amides is 2. The Morgan fingerprint density at radius 3 is 2.20 bits per heavy atom. The molecule has 2 aromatic rings. The monoisotopic (exact) mass is 408 g/mol. The third kappa shape index (κ3) is 8.81. The molecular weight excluding hydrogens is 372 g/mol. The van der Waals surface area contributed by atoms with Crippen LogP contribution >= 0.6 is 0 Å². The summed E-state index contributed by atoms with van der Waals surface area (Å²) in [6.45, 7) is 5.27. The minimum Gasteiger partial charge on any atom is -0.350 e. The Hall–Kier alpha value is -2.62. The molecule has 1 atom stereocenters. The van der Waals surface area contributed by atoms with Crippen molar-refractivity contribution in [2.75, 3.05) is 13.1 Å². The lowest BCUT2D eigenvalue weighted by Crippen LogP contribution is -2.37. The van der Waals surface area contributed by atoms with Crippen molar-refractivity contribution in [1.29, 1.82) is 0 Å². The van der Waals surface area contributed by atoms with E-state index >= 15 is 0 Å². The Balaban J connectivity index is 1.87. The molecule has 162 valence electrons. The quantitative estimate of drug-likeness (QED) is 0.458. The molecule has 30 heavy (non-hydrogen) atoms. The molecule has 2 rings (SSSR count). The van der Waals surface area contributed by atoms with Gasteiger partial charge in [0, 0.05) is 25.9 Å². The Morgan fingerprint density at radius 1 is 0.867 bits per heavy atom. The van der Waals surface area contributed by atoms with Crippen molar-refractivity contribution in [3.8, 4) is 0 Å². The molecule has 1 N–H and O–H groups in total. The summed E-state index contributed by atoms with van der Waals surface area (Å²) in [5, 5.41) is 3.05. The minimum absolute atomic E-state index is 0.0187.